The van der Waals surface area contributed by atoms with Gasteiger partial charge >= 0.3 is 6.09 Å². The van der Waals surface area contributed by atoms with E-state index < -0.39 is 11.7 Å². The van der Waals surface area contributed by atoms with Crippen LogP contribution in [-0.4, -0.2) is 29.7 Å². The average molecular weight is 268 g/mol. The van der Waals surface area contributed by atoms with Crippen LogP contribution in [0, 0.1) is 0 Å². The van der Waals surface area contributed by atoms with E-state index >= 15 is 0 Å². The van der Waals surface area contributed by atoms with E-state index in [1.165, 1.54) is 6.08 Å². The van der Waals surface area contributed by atoms with Gasteiger partial charge in [-0.1, -0.05) is 6.58 Å². The van der Waals surface area contributed by atoms with E-state index in [9.17, 15) is 9.59 Å². The molecule has 5 heteroatoms. The van der Waals surface area contributed by atoms with Gasteiger partial charge in [-0.05, 0) is 52.5 Å². The normalized spacial score (nSPS) is 23.3. The monoisotopic (exact) mass is 268 g/mol. The molecule has 0 bridgehead atoms. The molecule has 0 aromatic carbocycles. The number of carbonyl (C=O) groups is 2. The molecule has 0 saturated heterocycles. The Morgan fingerprint density at radius 2 is 1.79 bits per heavy atom. The first kappa shape index (κ1) is 15.5. The molecule has 1 fully saturated rings. The highest BCUT2D eigenvalue weighted by Gasteiger charge is 2.25. The second-order valence-electron chi connectivity index (χ2n) is 5.92. The second-order valence-corrected chi connectivity index (χ2v) is 5.92. The molecule has 108 valence electrons. The van der Waals surface area contributed by atoms with Crippen LogP contribution in [0.25, 0.3) is 0 Å². The van der Waals surface area contributed by atoms with E-state index in [-0.39, 0.29) is 18.0 Å². The van der Waals surface area contributed by atoms with Crippen molar-refractivity contribution in [3.63, 3.8) is 0 Å². The molecule has 2 amide bonds. The number of alkyl carbamates (subject to hydrolysis) is 1. The van der Waals surface area contributed by atoms with Crippen LogP contribution in [-0.2, 0) is 9.53 Å². The zero-order valence-corrected chi connectivity index (χ0v) is 12.0. The molecule has 1 aliphatic carbocycles. The molecular weight excluding hydrogens is 244 g/mol. The summed E-state index contributed by atoms with van der Waals surface area (Å²) in [4.78, 5) is 22.9. The molecule has 0 spiro atoms. The molecule has 2 atom stereocenters. The van der Waals surface area contributed by atoms with E-state index in [2.05, 4.69) is 17.2 Å². The summed E-state index contributed by atoms with van der Waals surface area (Å²) in [6.07, 6.45) is 4.44. The molecule has 0 heterocycles. The van der Waals surface area contributed by atoms with Gasteiger partial charge in [-0.15, -0.1) is 0 Å². The molecule has 1 saturated carbocycles. The molecule has 0 aromatic rings. The molecular formula is C14H24N2O3. The molecule has 2 N–H and O–H groups in total. The van der Waals surface area contributed by atoms with Gasteiger partial charge in [-0.2, -0.15) is 0 Å². The summed E-state index contributed by atoms with van der Waals surface area (Å²) in [5.41, 5.74) is -0.491. The largest absolute Gasteiger partial charge is 0.444 e. The van der Waals surface area contributed by atoms with Crippen LogP contribution in [0.4, 0.5) is 4.79 Å². The Morgan fingerprint density at radius 1 is 1.21 bits per heavy atom. The molecule has 1 aliphatic rings. The first-order chi connectivity index (χ1) is 8.80. The van der Waals surface area contributed by atoms with E-state index in [1.54, 1.807) is 0 Å². The van der Waals surface area contributed by atoms with E-state index in [0.29, 0.717) is 0 Å². The quantitative estimate of drug-likeness (QED) is 0.770. The van der Waals surface area contributed by atoms with Crippen LogP contribution < -0.4 is 10.6 Å². The molecule has 0 aliphatic heterocycles. The van der Waals surface area contributed by atoms with Crippen LogP contribution in [0.15, 0.2) is 12.7 Å². The fraction of sp³-hybridized carbons (Fsp3) is 0.714. The summed E-state index contributed by atoms with van der Waals surface area (Å²) in [5, 5.41) is 5.73. The third kappa shape index (κ3) is 6.27. The van der Waals surface area contributed by atoms with Gasteiger partial charge in [-0.25, -0.2) is 4.79 Å². The maximum Gasteiger partial charge on any atom is 0.407 e. The van der Waals surface area contributed by atoms with Gasteiger partial charge < -0.3 is 15.4 Å². The van der Waals surface area contributed by atoms with E-state index in [4.69, 9.17) is 4.74 Å². The maximum atomic E-state index is 11.7. The van der Waals surface area contributed by atoms with E-state index in [1.807, 2.05) is 20.8 Å². The summed E-state index contributed by atoms with van der Waals surface area (Å²) in [6.45, 7) is 8.93. The standard InChI is InChI=1S/C14H24N2O3/c1-5-12(17)15-10-7-6-8-11(9-10)16-13(18)19-14(2,3)4/h5,10-11H,1,6-9H2,2-4H3,(H,15,17)(H,16,18)/t10-,11+/m0/s1. The van der Waals surface area contributed by atoms with Crippen molar-refractivity contribution in [3.8, 4) is 0 Å². The predicted molar refractivity (Wildman–Crippen MR) is 73.8 cm³/mol. The topological polar surface area (TPSA) is 67.4 Å². The Hall–Kier alpha value is -1.52. The van der Waals surface area contributed by atoms with Crippen molar-refractivity contribution in [2.24, 2.45) is 0 Å². The van der Waals surface area contributed by atoms with Gasteiger partial charge in [0, 0.05) is 12.1 Å². The first-order valence-electron chi connectivity index (χ1n) is 6.72. The first-order valence-corrected chi connectivity index (χ1v) is 6.72. The van der Waals surface area contributed by atoms with Gasteiger partial charge in [0.25, 0.3) is 0 Å². The lowest BCUT2D eigenvalue weighted by atomic mass is 9.91. The SMILES string of the molecule is C=CC(=O)N[C@H]1CCC[C@@H](NC(=O)OC(C)(C)C)C1. The third-order valence-electron chi connectivity index (χ3n) is 2.93. The van der Waals surface area contributed by atoms with Crippen molar-refractivity contribution in [2.45, 2.75) is 64.1 Å². The summed E-state index contributed by atoms with van der Waals surface area (Å²) in [7, 11) is 0. The zero-order valence-electron chi connectivity index (χ0n) is 12.0. The van der Waals surface area contributed by atoms with Gasteiger partial charge in [0.05, 0.1) is 0 Å². The number of hydrogen-bond acceptors (Lipinski definition) is 3. The lowest BCUT2D eigenvalue weighted by Gasteiger charge is -2.30. The lowest BCUT2D eigenvalue weighted by Crippen LogP contribution is -2.46. The molecule has 19 heavy (non-hydrogen) atoms. The average Bonchev–Trinajstić information content (AvgIpc) is 2.26. The van der Waals surface area contributed by atoms with Crippen molar-refractivity contribution in [2.75, 3.05) is 0 Å². The van der Waals surface area contributed by atoms with E-state index in [0.717, 1.165) is 25.7 Å². The third-order valence-corrected chi connectivity index (χ3v) is 2.93. The highest BCUT2D eigenvalue weighted by molar-refractivity contribution is 5.87. The Labute approximate surface area is 114 Å². The minimum absolute atomic E-state index is 0.0544. The highest BCUT2D eigenvalue weighted by Crippen LogP contribution is 2.19. The van der Waals surface area contributed by atoms with Gasteiger partial charge in [0.15, 0.2) is 0 Å². The fourth-order valence-electron chi connectivity index (χ4n) is 2.19. The van der Waals surface area contributed by atoms with Crippen LogP contribution in [0.2, 0.25) is 0 Å². The van der Waals surface area contributed by atoms with Crippen molar-refractivity contribution in [3.05, 3.63) is 12.7 Å². The van der Waals surface area contributed by atoms with Gasteiger partial charge in [0.2, 0.25) is 5.91 Å². The number of amides is 2. The Balaban J connectivity index is 2.40. The lowest BCUT2D eigenvalue weighted by molar-refractivity contribution is -0.117. The van der Waals surface area contributed by atoms with Crippen LogP contribution in [0.3, 0.4) is 0 Å². The molecule has 0 unspecified atom stereocenters. The Bertz CT molecular complexity index is 347. The zero-order chi connectivity index (χ0) is 14.5. The van der Waals surface area contributed by atoms with Crippen LogP contribution in [0.1, 0.15) is 46.5 Å². The Morgan fingerprint density at radius 3 is 2.32 bits per heavy atom. The molecule has 5 nitrogen and oxygen atoms in total. The Kier molecular flexibility index (Phi) is 5.39. The van der Waals surface area contributed by atoms with Gasteiger partial charge in [0.1, 0.15) is 5.60 Å². The highest BCUT2D eigenvalue weighted by atomic mass is 16.6. The van der Waals surface area contributed by atoms with Crippen molar-refractivity contribution >= 4 is 12.0 Å². The minimum Gasteiger partial charge on any atom is -0.444 e. The van der Waals surface area contributed by atoms with Gasteiger partial charge in [-0.3, -0.25) is 4.79 Å². The molecule has 0 radical (unpaired) electrons. The minimum atomic E-state index is -0.491. The fourth-order valence-corrected chi connectivity index (χ4v) is 2.19. The van der Waals surface area contributed by atoms with Crippen LogP contribution >= 0.6 is 0 Å². The summed E-state index contributed by atoms with van der Waals surface area (Å²) in [6, 6.07) is 0.151. The number of hydrogen-bond donors (Lipinski definition) is 2. The van der Waals surface area contributed by atoms with Crippen molar-refractivity contribution in [1.29, 1.82) is 0 Å². The van der Waals surface area contributed by atoms with Crippen LogP contribution in [0.5, 0.6) is 0 Å². The molecule has 0 aromatic heterocycles. The number of nitrogens with one attached hydrogen (secondary N) is 2. The number of ether oxygens (including phenoxy) is 1. The number of rotatable bonds is 3. The maximum absolute atomic E-state index is 11.7. The summed E-state index contributed by atoms with van der Waals surface area (Å²) in [5.74, 6) is -0.164. The van der Waals surface area contributed by atoms with Crippen molar-refractivity contribution in [1.82, 2.24) is 10.6 Å². The second kappa shape index (κ2) is 6.59. The molecule has 1 rings (SSSR count). The summed E-state index contributed by atoms with van der Waals surface area (Å²) >= 11 is 0. The number of carbonyl (C=O) groups excluding carboxylic acids is 2. The predicted octanol–water partition coefficient (Wildman–Crippen LogP) is 2.12. The van der Waals surface area contributed by atoms with Crippen molar-refractivity contribution < 1.29 is 14.3 Å². The smallest absolute Gasteiger partial charge is 0.407 e. The summed E-state index contributed by atoms with van der Waals surface area (Å²) < 4.78 is 5.22.